The molecule has 0 bridgehead atoms. The average Bonchev–Trinajstić information content (AvgIpc) is 1.58. The van der Waals surface area contributed by atoms with Crippen molar-refractivity contribution < 1.29 is 104 Å². The summed E-state index contributed by atoms with van der Waals surface area (Å²) in [6, 6.07) is 148. The molecular weight excluding hydrogens is 2500 g/mol. The zero-order valence-electron chi connectivity index (χ0n) is 81.7. The van der Waals surface area contributed by atoms with E-state index in [1.54, 1.807) is 18.6 Å². The number of allylic oxidation sites excluding steroid dienone is 2. The van der Waals surface area contributed by atoms with Crippen molar-refractivity contribution in [1.29, 1.82) is 0 Å². The van der Waals surface area contributed by atoms with Crippen molar-refractivity contribution in [2.24, 2.45) is 5.92 Å². The summed E-state index contributed by atoms with van der Waals surface area (Å²) in [6.07, 6.45) is 15.0. The first-order chi connectivity index (χ1) is 68.8. The number of aliphatic hydroxyl groups is 1. The fourth-order valence-electron chi connectivity index (χ4n) is 16.3. The Labute approximate surface area is 902 Å². The third-order valence-corrected chi connectivity index (χ3v) is 23.0. The summed E-state index contributed by atoms with van der Waals surface area (Å²) >= 11 is 0. The Kier molecular flexibility index (Phi) is 40.2. The second-order valence-electron chi connectivity index (χ2n) is 35.2. The Morgan fingerprint density at radius 3 is 1.12 bits per heavy atom. The molecular formula is C129H104Ir4N7O5-7. The van der Waals surface area contributed by atoms with Gasteiger partial charge >= 0.3 is 0 Å². The molecule has 728 valence electrons. The van der Waals surface area contributed by atoms with Crippen molar-refractivity contribution in [1.82, 2.24) is 34.9 Å². The van der Waals surface area contributed by atoms with Crippen LogP contribution >= 0.6 is 0 Å². The van der Waals surface area contributed by atoms with Gasteiger partial charge in [-0.1, -0.05) is 273 Å². The number of para-hydroxylation sites is 3. The summed E-state index contributed by atoms with van der Waals surface area (Å²) < 4.78 is 18.7. The van der Waals surface area contributed by atoms with Crippen molar-refractivity contribution in [3.8, 4) is 112 Å². The van der Waals surface area contributed by atoms with Crippen LogP contribution in [0.1, 0.15) is 76.3 Å². The number of pyridine rings is 7. The van der Waals surface area contributed by atoms with E-state index in [4.69, 9.17) is 18.4 Å². The van der Waals surface area contributed by atoms with Crippen molar-refractivity contribution in [2.75, 3.05) is 0 Å². The maximum atomic E-state index is 10.0. The van der Waals surface area contributed by atoms with Gasteiger partial charge in [-0.25, -0.2) is 0 Å². The molecule has 0 saturated carbocycles. The molecule has 10 heterocycles. The summed E-state index contributed by atoms with van der Waals surface area (Å²) in [6.45, 7) is 20.3. The van der Waals surface area contributed by atoms with Crippen molar-refractivity contribution in [3.63, 3.8) is 0 Å². The predicted octanol–water partition coefficient (Wildman–Crippen LogP) is 33.0. The van der Waals surface area contributed by atoms with Gasteiger partial charge in [0.2, 0.25) is 0 Å². The number of furan rings is 3. The van der Waals surface area contributed by atoms with Gasteiger partial charge in [0.15, 0.2) is 5.78 Å². The number of carbonyl (C=O) groups is 1. The molecule has 0 amide bonds. The number of aromatic nitrogens is 7. The minimum atomic E-state index is -0.125. The van der Waals surface area contributed by atoms with Crippen LogP contribution in [0.15, 0.2) is 445 Å². The number of ketones is 1. The summed E-state index contributed by atoms with van der Waals surface area (Å²) in [5, 5.41) is 15.1. The van der Waals surface area contributed by atoms with E-state index in [1.165, 1.54) is 64.4 Å². The first-order valence-corrected chi connectivity index (χ1v) is 46.8. The normalized spacial score (nSPS) is 10.7. The van der Waals surface area contributed by atoms with Gasteiger partial charge in [0.25, 0.3) is 0 Å². The van der Waals surface area contributed by atoms with E-state index < -0.39 is 0 Å². The van der Waals surface area contributed by atoms with Crippen LogP contribution in [0.25, 0.3) is 178 Å². The van der Waals surface area contributed by atoms with E-state index in [2.05, 4.69) is 278 Å². The summed E-state index contributed by atoms with van der Waals surface area (Å²) in [7, 11) is 0. The molecule has 10 aromatic heterocycles. The topological polar surface area (TPSA) is 167 Å². The maximum absolute atomic E-state index is 10.0. The van der Waals surface area contributed by atoms with E-state index in [0.29, 0.717) is 5.92 Å². The van der Waals surface area contributed by atoms with Crippen molar-refractivity contribution in [3.05, 3.63) is 502 Å². The van der Waals surface area contributed by atoms with Gasteiger partial charge in [0.05, 0.1) is 22.5 Å². The summed E-state index contributed by atoms with van der Waals surface area (Å²) in [4.78, 5) is 40.9. The first-order valence-electron chi connectivity index (χ1n) is 46.8. The molecule has 0 spiro atoms. The number of nitrogens with zero attached hydrogens (tertiary/aromatic N) is 7. The molecule has 0 aliphatic rings. The molecule has 0 aliphatic heterocycles. The van der Waals surface area contributed by atoms with Gasteiger partial charge in [0, 0.05) is 146 Å². The number of fused-ring (bicyclic) bond motifs is 9. The first kappa shape index (κ1) is 109. The van der Waals surface area contributed by atoms with Gasteiger partial charge in [-0.15, -0.1) is 198 Å². The Bertz CT molecular complexity index is 7920. The molecule has 0 saturated heterocycles. The smallest absolute Gasteiger partial charge is 0.155 e. The van der Waals surface area contributed by atoms with Crippen LogP contribution in [-0.2, 0) is 97.1 Å². The van der Waals surface area contributed by atoms with Crippen molar-refractivity contribution in [2.45, 2.75) is 81.1 Å². The summed E-state index contributed by atoms with van der Waals surface area (Å²) in [5.41, 5.74) is 32.2. The molecule has 23 aromatic rings. The van der Waals surface area contributed by atoms with Crippen LogP contribution < -0.4 is 0 Å². The van der Waals surface area contributed by atoms with Crippen LogP contribution in [0.2, 0.25) is 0 Å². The third-order valence-electron chi connectivity index (χ3n) is 23.0. The SMILES string of the molecule is CC(=O)C=C(C)O.CC(C)(C)c1ccnc(-c2[c-]cccc2)c1.CC(C)Cc1cccc2c1oc1c(-c3cc(-c4ccccc4)ccn3)[c-]ccc12.Cc1cc(C)cc(-c2ccnc(-c3[c-]cccc3)c2)c1.Cc1cccc2c1oc1c(-c3cc(-c4ccccc4)ccn3)[c-]ccc12.[Ir].[Ir].[Ir].[Ir].[c-]1ccc2c(oc3ccccc32)c1-c1ccccn1.[c-]1ccccc1-c1ccccn1.[c-]1ccccc1-c1ccccn1. The fraction of sp³-hybridized carbons (Fsp3) is 0.101. The van der Waals surface area contributed by atoms with E-state index in [0.717, 1.165) is 168 Å². The van der Waals surface area contributed by atoms with Gasteiger partial charge in [-0.2, -0.15) is 0 Å². The molecule has 12 nitrogen and oxygen atoms in total. The van der Waals surface area contributed by atoms with Crippen molar-refractivity contribution >= 4 is 71.6 Å². The number of benzene rings is 13. The number of aryl methyl sites for hydroxylation is 3. The Morgan fingerprint density at radius 2 is 0.676 bits per heavy atom. The van der Waals surface area contributed by atoms with Gasteiger partial charge in [-0.3, -0.25) is 4.79 Å². The van der Waals surface area contributed by atoms with E-state index in [-0.39, 0.29) is 97.4 Å². The number of hydrogen-bond acceptors (Lipinski definition) is 12. The molecule has 145 heavy (non-hydrogen) atoms. The zero-order valence-corrected chi connectivity index (χ0v) is 91.3. The second-order valence-corrected chi connectivity index (χ2v) is 35.2. The zero-order chi connectivity index (χ0) is 97.8. The van der Waals surface area contributed by atoms with Crippen LogP contribution in [-0.4, -0.2) is 45.8 Å². The molecule has 1 N–H and O–H groups in total. The monoisotopic (exact) mass is 2600 g/mol. The van der Waals surface area contributed by atoms with E-state index >= 15 is 0 Å². The standard InChI is InChI=1S/C27H22NO.C24H16NO.C19H16N.C17H10NO.C15H16N.2C11H8N.C5H8O2.4Ir/c1-18(2)16-21-10-6-11-22-23-12-7-13-24(27(23)29-26(21)22)25-17-20(14-15-28-25)19-8-4-3-5-9-19;1-16-7-5-10-19-20-11-6-12-21(24(20)26-23(16)19)22-15-18(13-14-25-22)17-8-3-2-4-9-17;1-14-10-15(2)12-18(11-14)17-8-9-20-19(13-17)16-6-4-3-5-7-16;1-2-10-16-12(6-1)13-7-5-8-14(17(13)19-16)15-9-3-4-11-18-15;1-15(2,3)13-9-10-16-14(11-13)12-7-5-4-6-8-12;2*1-2-6-10(7-3-1)11-8-4-5-9-12-11;1-4(6)3-5(2)7;;;;/h3-12,14-15,17-18H,16H2,1-2H3;2-11,13-15H,1H3;3-6,8-13H,1-2H3;1-7,9-11H;4-7,9-11H,1-3H3;2*1-6,8-9H;3,6H,1-2H3;;;;/q7*-1;;;;;. The molecule has 0 fully saturated rings. The number of carbonyl (C=O) groups excluding carboxylic acids is 1. The fourth-order valence-corrected chi connectivity index (χ4v) is 16.3. The quantitative estimate of drug-likeness (QED) is 0.0660. The Balaban J connectivity index is 0.000000151. The minimum absolute atomic E-state index is 0. The maximum Gasteiger partial charge on any atom is 0.155 e. The minimum Gasteiger partial charge on any atom is -0.512 e. The van der Waals surface area contributed by atoms with E-state index in [1.807, 2.05) is 255 Å². The molecule has 23 rings (SSSR count). The van der Waals surface area contributed by atoms with Gasteiger partial charge < -0.3 is 53.2 Å². The molecule has 0 atom stereocenters. The second kappa shape index (κ2) is 53.5. The number of hydrogen-bond donors (Lipinski definition) is 1. The van der Waals surface area contributed by atoms with E-state index in [9.17, 15) is 4.79 Å². The molecule has 13 aromatic carbocycles. The Hall–Kier alpha value is -14.9. The largest absolute Gasteiger partial charge is 0.512 e. The predicted molar refractivity (Wildman–Crippen MR) is 576 cm³/mol. The Morgan fingerprint density at radius 1 is 0.310 bits per heavy atom. The third kappa shape index (κ3) is 29.0. The number of aliphatic hydroxyl groups excluding tert-OH is 1. The van der Waals surface area contributed by atoms with Crippen LogP contribution in [0.4, 0.5) is 0 Å². The molecule has 0 aliphatic carbocycles. The van der Waals surface area contributed by atoms with Gasteiger partial charge in [0.1, 0.15) is 16.7 Å². The van der Waals surface area contributed by atoms with Crippen LogP contribution in [0, 0.1) is 69.2 Å². The van der Waals surface area contributed by atoms with Crippen LogP contribution in [0.3, 0.4) is 0 Å². The summed E-state index contributed by atoms with van der Waals surface area (Å²) in [5.74, 6) is 0.511. The molecule has 0 unspecified atom stereocenters. The van der Waals surface area contributed by atoms with Gasteiger partial charge in [-0.05, 0) is 191 Å². The number of rotatable bonds is 13. The molecule has 16 heteroatoms. The van der Waals surface area contributed by atoms with Crippen LogP contribution in [0.5, 0.6) is 0 Å². The average molecular weight is 2600 g/mol. The molecule has 4 radical (unpaired) electrons.